The lowest BCUT2D eigenvalue weighted by Crippen LogP contribution is -2.61. The second-order valence-corrected chi connectivity index (χ2v) is 7.68. The first kappa shape index (κ1) is 22.8. The van der Waals surface area contributed by atoms with E-state index < -0.39 is 48.5 Å². The van der Waals surface area contributed by atoms with E-state index in [0.29, 0.717) is 5.56 Å². The highest BCUT2D eigenvalue weighted by Crippen LogP contribution is 2.42. The first-order chi connectivity index (χ1) is 15.7. The van der Waals surface area contributed by atoms with Crippen molar-refractivity contribution in [1.29, 1.82) is 0 Å². The van der Waals surface area contributed by atoms with Gasteiger partial charge >= 0.3 is 5.97 Å². The molecule has 1 unspecified atom stereocenters. The zero-order valence-corrected chi connectivity index (χ0v) is 17.3. The van der Waals surface area contributed by atoms with Gasteiger partial charge in [-0.25, -0.2) is 4.79 Å². The SMILES string of the molecule is COC(=O)[C@H]1O[C@@H](Oc2cc(O)c3c(c2)OC(c2ccc(O)cc2)CC3=O)[C@H](O)[C@@H](O)[C@@H]1O. The minimum absolute atomic E-state index is 0.00900. The molecule has 0 saturated carbocycles. The number of rotatable bonds is 4. The van der Waals surface area contributed by atoms with Crippen molar-refractivity contribution in [2.75, 3.05) is 7.11 Å². The fourth-order valence-corrected chi connectivity index (χ4v) is 3.75. The normalized spacial score (nSPS) is 29.0. The first-order valence-electron chi connectivity index (χ1n) is 9.99. The molecule has 2 heterocycles. The number of benzene rings is 2. The molecule has 4 rings (SSSR count). The van der Waals surface area contributed by atoms with Crippen LogP contribution in [0, 0.1) is 0 Å². The summed E-state index contributed by atoms with van der Waals surface area (Å²) in [7, 11) is 1.06. The number of aromatic hydroxyl groups is 2. The lowest BCUT2D eigenvalue weighted by atomic mass is 9.95. The number of phenolic OH excluding ortho intramolecular Hbond substituents is 2. The van der Waals surface area contributed by atoms with Crippen molar-refractivity contribution in [2.45, 2.75) is 43.2 Å². The van der Waals surface area contributed by atoms with Gasteiger partial charge in [-0.3, -0.25) is 4.79 Å². The number of hydrogen-bond donors (Lipinski definition) is 5. The molecule has 1 saturated heterocycles. The van der Waals surface area contributed by atoms with Crippen molar-refractivity contribution >= 4 is 11.8 Å². The number of phenols is 2. The van der Waals surface area contributed by atoms with Gasteiger partial charge in [-0.15, -0.1) is 0 Å². The van der Waals surface area contributed by atoms with Crippen LogP contribution in [0.2, 0.25) is 0 Å². The van der Waals surface area contributed by atoms with Gasteiger partial charge in [0.25, 0.3) is 0 Å². The quantitative estimate of drug-likeness (QED) is 0.392. The lowest BCUT2D eigenvalue weighted by molar-refractivity contribution is -0.271. The molecule has 2 aliphatic heterocycles. The van der Waals surface area contributed by atoms with Crippen LogP contribution >= 0.6 is 0 Å². The van der Waals surface area contributed by atoms with E-state index in [1.54, 1.807) is 12.1 Å². The molecular weight excluding hydrogens is 440 g/mol. The summed E-state index contributed by atoms with van der Waals surface area (Å²) in [5, 5.41) is 50.1. The van der Waals surface area contributed by atoms with Gasteiger partial charge in [0.05, 0.1) is 13.5 Å². The summed E-state index contributed by atoms with van der Waals surface area (Å²) in [5.74, 6) is -1.83. The molecule has 0 aliphatic carbocycles. The maximum absolute atomic E-state index is 12.6. The van der Waals surface area contributed by atoms with Crippen LogP contribution in [-0.2, 0) is 14.3 Å². The molecule has 6 atom stereocenters. The number of carbonyl (C=O) groups is 2. The average molecular weight is 462 g/mol. The molecule has 176 valence electrons. The van der Waals surface area contributed by atoms with Gasteiger partial charge in [-0.05, 0) is 17.7 Å². The predicted octanol–water partition coefficient (Wildman–Crippen LogP) is 0.164. The Labute approximate surface area is 187 Å². The Kier molecular flexibility index (Phi) is 6.13. The molecule has 0 spiro atoms. The van der Waals surface area contributed by atoms with E-state index >= 15 is 0 Å². The fourth-order valence-electron chi connectivity index (χ4n) is 3.75. The number of fused-ring (bicyclic) bond motifs is 1. The molecule has 1 fully saturated rings. The number of aliphatic hydroxyl groups is 3. The lowest BCUT2D eigenvalue weighted by Gasteiger charge is -2.39. The third-order valence-corrected chi connectivity index (χ3v) is 5.49. The number of Topliss-reactive ketones (excluding diaryl/α,β-unsaturated/α-hetero) is 1. The Hall–Kier alpha value is -3.38. The fraction of sp³-hybridized carbons (Fsp3) is 0.364. The smallest absolute Gasteiger partial charge is 0.337 e. The van der Waals surface area contributed by atoms with Crippen LogP contribution < -0.4 is 9.47 Å². The van der Waals surface area contributed by atoms with Crippen LogP contribution in [-0.4, -0.2) is 75.1 Å². The summed E-state index contributed by atoms with van der Waals surface area (Å²) in [5.41, 5.74) is 0.576. The molecule has 2 aromatic rings. The van der Waals surface area contributed by atoms with Crippen LogP contribution in [0.1, 0.15) is 28.4 Å². The summed E-state index contributed by atoms with van der Waals surface area (Å²) in [6, 6.07) is 8.50. The van der Waals surface area contributed by atoms with Crippen molar-refractivity contribution in [3.63, 3.8) is 0 Å². The summed E-state index contributed by atoms with van der Waals surface area (Å²) >= 11 is 0. The Bertz CT molecular complexity index is 1050. The van der Waals surface area contributed by atoms with Crippen molar-refractivity contribution in [3.8, 4) is 23.0 Å². The number of aliphatic hydroxyl groups excluding tert-OH is 3. The van der Waals surface area contributed by atoms with E-state index in [1.165, 1.54) is 18.2 Å². The average Bonchev–Trinajstić information content (AvgIpc) is 2.78. The van der Waals surface area contributed by atoms with Crippen LogP contribution in [0.25, 0.3) is 0 Å². The van der Waals surface area contributed by atoms with Gasteiger partial charge in [0, 0.05) is 12.1 Å². The van der Waals surface area contributed by atoms with E-state index in [1.807, 2.05) is 0 Å². The molecule has 11 nitrogen and oxygen atoms in total. The molecule has 2 aliphatic rings. The number of carbonyl (C=O) groups excluding carboxylic acids is 2. The summed E-state index contributed by atoms with van der Waals surface area (Å²) in [6.45, 7) is 0. The second kappa shape index (κ2) is 8.87. The predicted molar refractivity (Wildman–Crippen MR) is 108 cm³/mol. The molecule has 0 amide bonds. The monoisotopic (exact) mass is 462 g/mol. The van der Waals surface area contributed by atoms with E-state index in [-0.39, 0.29) is 35.0 Å². The highest BCUT2D eigenvalue weighted by molar-refractivity contribution is 6.02. The number of hydrogen-bond acceptors (Lipinski definition) is 11. The maximum Gasteiger partial charge on any atom is 0.337 e. The largest absolute Gasteiger partial charge is 0.508 e. The standard InChI is InChI=1S/C22H22O11/c1-30-21(29)20-18(27)17(26)19(28)22(33-20)31-11-6-12(24)16-13(25)8-14(32-15(16)7-11)9-2-4-10(23)5-3-9/h2-7,14,17-20,22-24,26-28H,8H2,1H3/t14?,17-,18-,19+,20-,22+/m0/s1. The molecule has 0 aromatic heterocycles. The van der Waals surface area contributed by atoms with Crippen molar-refractivity contribution < 1.29 is 54.1 Å². The molecule has 2 aromatic carbocycles. The van der Waals surface area contributed by atoms with E-state index in [2.05, 4.69) is 4.74 Å². The van der Waals surface area contributed by atoms with Crippen LogP contribution in [0.5, 0.6) is 23.0 Å². The van der Waals surface area contributed by atoms with Gasteiger partial charge in [-0.1, -0.05) is 12.1 Å². The zero-order valence-electron chi connectivity index (χ0n) is 17.3. The molecule has 0 radical (unpaired) electrons. The second-order valence-electron chi connectivity index (χ2n) is 7.68. The summed E-state index contributed by atoms with van der Waals surface area (Å²) in [4.78, 5) is 24.5. The van der Waals surface area contributed by atoms with Gasteiger partial charge in [0.15, 0.2) is 11.9 Å². The Morgan fingerprint density at radius 1 is 1.03 bits per heavy atom. The first-order valence-corrected chi connectivity index (χ1v) is 9.99. The van der Waals surface area contributed by atoms with Crippen molar-refractivity contribution in [3.05, 3.63) is 47.5 Å². The van der Waals surface area contributed by atoms with Crippen molar-refractivity contribution in [1.82, 2.24) is 0 Å². The molecule has 11 heteroatoms. The van der Waals surface area contributed by atoms with Crippen LogP contribution in [0.4, 0.5) is 0 Å². The van der Waals surface area contributed by atoms with Crippen LogP contribution in [0.3, 0.4) is 0 Å². The van der Waals surface area contributed by atoms with Crippen LogP contribution in [0.15, 0.2) is 36.4 Å². The van der Waals surface area contributed by atoms with E-state index in [4.69, 9.17) is 14.2 Å². The van der Waals surface area contributed by atoms with Crippen molar-refractivity contribution in [2.24, 2.45) is 0 Å². The number of esters is 1. The van der Waals surface area contributed by atoms with Gasteiger partial charge in [0.2, 0.25) is 6.29 Å². The highest BCUT2D eigenvalue weighted by atomic mass is 16.7. The zero-order chi connectivity index (χ0) is 23.9. The molecule has 5 N–H and O–H groups in total. The number of ketones is 1. The maximum atomic E-state index is 12.6. The Morgan fingerprint density at radius 3 is 2.39 bits per heavy atom. The van der Waals surface area contributed by atoms with E-state index in [9.17, 15) is 35.1 Å². The number of methoxy groups -OCH3 is 1. The van der Waals surface area contributed by atoms with Gasteiger partial charge in [0.1, 0.15) is 53.0 Å². The Balaban J connectivity index is 1.59. The molecule has 0 bridgehead atoms. The van der Waals surface area contributed by atoms with E-state index in [0.717, 1.165) is 13.2 Å². The minimum Gasteiger partial charge on any atom is -0.508 e. The third kappa shape index (κ3) is 4.31. The van der Waals surface area contributed by atoms with Gasteiger partial charge < -0.3 is 44.5 Å². The molecule has 33 heavy (non-hydrogen) atoms. The molecular formula is C22H22O11. The number of ether oxygens (including phenoxy) is 4. The Morgan fingerprint density at radius 2 is 1.73 bits per heavy atom. The highest BCUT2D eigenvalue weighted by Gasteiger charge is 2.48. The topological polar surface area (TPSA) is 172 Å². The summed E-state index contributed by atoms with van der Waals surface area (Å²) < 4.78 is 21.2. The summed E-state index contributed by atoms with van der Waals surface area (Å²) in [6.07, 6.45) is -9.24. The van der Waals surface area contributed by atoms with Gasteiger partial charge in [-0.2, -0.15) is 0 Å². The third-order valence-electron chi connectivity index (χ3n) is 5.49. The minimum atomic E-state index is -1.78.